The number of aromatic hydroxyl groups is 1. The number of phenols is 1. The highest BCUT2D eigenvalue weighted by atomic mass is 16.5. The summed E-state index contributed by atoms with van der Waals surface area (Å²) in [5.41, 5.74) is 0.437. The van der Waals surface area contributed by atoms with Crippen molar-refractivity contribution >= 4 is 22.9 Å². The molecule has 1 aromatic heterocycles. The van der Waals surface area contributed by atoms with Crippen LogP contribution in [-0.4, -0.2) is 17.0 Å². The van der Waals surface area contributed by atoms with Crippen LogP contribution in [0.1, 0.15) is 40.5 Å². The third-order valence-electron chi connectivity index (χ3n) is 4.61. The van der Waals surface area contributed by atoms with Crippen LogP contribution in [0.25, 0.3) is 22.1 Å². The molecule has 32 heavy (non-hydrogen) atoms. The summed E-state index contributed by atoms with van der Waals surface area (Å²) in [6.45, 7) is 7.64. The number of rotatable bonds is 7. The van der Waals surface area contributed by atoms with Crippen molar-refractivity contribution in [1.29, 1.82) is 0 Å². The summed E-state index contributed by atoms with van der Waals surface area (Å²) in [7, 11) is 0. The maximum Gasteiger partial charge on any atom is 0.311 e. The molecule has 0 unspecified atom stereocenters. The van der Waals surface area contributed by atoms with Crippen LogP contribution >= 0.6 is 0 Å². The molecule has 0 fully saturated rings. The SMILES string of the molecule is CC(C)CC(=O)Oc1ccc(-c2coc3cc(OC(=O)CC(C)C)cc(O)c3c2=O)cc1. The first-order chi connectivity index (χ1) is 15.1. The van der Waals surface area contributed by atoms with E-state index in [2.05, 4.69) is 0 Å². The molecule has 0 spiro atoms. The van der Waals surface area contributed by atoms with Gasteiger partial charge >= 0.3 is 11.9 Å². The normalized spacial score (nSPS) is 11.2. The van der Waals surface area contributed by atoms with E-state index in [1.807, 2.05) is 27.7 Å². The highest BCUT2D eigenvalue weighted by molar-refractivity contribution is 5.88. The molecule has 0 aliphatic carbocycles. The van der Waals surface area contributed by atoms with Gasteiger partial charge in [-0.25, -0.2) is 0 Å². The molecule has 0 atom stereocenters. The molecule has 0 saturated carbocycles. The van der Waals surface area contributed by atoms with Crippen molar-refractivity contribution in [3.63, 3.8) is 0 Å². The van der Waals surface area contributed by atoms with Gasteiger partial charge in [0.1, 0.15) is 34.5 Å². The Morgan fingerprint density at radius 2 is 1.47 bits per heavy atom. The van der Waals surface area contributed by atoms with Gasteiger partial charge in [0, 0.05) is 25.0 Å². The van der Waals surface area contributed by atoms with E-state index in [4.69, 9.17) is 13.9 Å². The monoisotopic (exact) mass is 438 g/mol. The molecule has 168 valence electrons. The van der Waals surface area contributed by atoms with Crippen LogP contribution in [0.2, 0.25) is 0 Å². The molecule has 0 aliphatic heterocycles. The van der Waals surface area contributed by atoms with Crippen molar-refractivity contribution in [3.8, 4) is 28.4 Å². The Labute approximate surface area is 185 Å². The average molecular weight is 438 g/mol. The van der Waals surface area contributed by atoms with E-state index < -0.39 is 11.4 Å². The van der Waals surface area contributed by atoms with Crippen LogP contribution in [0.5, 0.6) is 17.2 Å². The van der Waals surface area contributed by atoms with E-state index in [0.29, 0.717) is 17.7 Å². The second-order valence-corrected chi connectivity index (χ2v) is 8.46. The topological polar surface area (TPSA) is 103 Å². The van der Waals surface area contributed by atoms with E-state index in [1.165, 1.54) is 18.4 Å². The van der Waals surface area contributed by atoms with Gasteiger partial charge in [0.2, 0.25) is 5.43 Å². The zero-order chi connectivity index (χ0) is 23.4. The number of benzene rings is 2. The van der Waals surface area contributed by atoms with E-state index in [9.17, 15) is 19.5 Å². The van der Waals surface area contributed by atoms with E-state index in [0.717, 1.165) is 0 Å². The van der Waals surface area contributed by atoms with Crippen LogP contribution in [0, 0.1) is 11.8 Å². The summed E-state index contributed by atoms with van der Waals surface area (Å²) < 4.78 is 16.1. The summed E-state index contributed by atoms with van der Waals surface area (Å²) in [5, 5.41) is 10.4. The van der Waals surface area contributed by atoms with Gasteiger partial charge in [0.25, 0.3) is 0 Å². The molecular weight excluding hydrogens is 412 g/mol. The van der Waals surface area contributed by atoms with Gasteiger partial charge in [-0.05, 0) is 29.5 Å². The number of hydrogen-bond acceptors (Lipinski definition) is 7. The Hall–Kier alpha value is -3.61. The number of fused-ring (bicyclic) bond motifs is 1. The van der Waals surface area contributed by atoms with Crippen LogP contribution in [0.15, 0.2) is 51.9 Å². The quantitative estimate of drug-likeness (QED) is 0.406. The number of carbonyl (C=O) groups excluding carboxylic acids is 2. The highest BCUT2D eigenvalue weighted by Gasteiger charge is 2.17. The van der Waals surface area contributed by atoms with Crippen molar-refractivity contribution < 1.29 is 28.6 Å². The molecule has 1 heterocycles. The minimum absolute atomic E-state index is 0.0152. The van der Waals surface area contributed by atoms with Crippen molar-refractivity contribution in [2.45, 2.75) is 40.5 Å². The smallest absolute Gasteiger partial charge is 0.311 e. The van der Waals surface area contributed by atoms with Gasteiger partial charge < -0.3 is 19.0 Å². The maximum absolute atomic E-state index is 13.0. The van der Waals surface area contributed by atoms with Gasteiger partial charge in [-0.15, -0.1) is 0 Å². The summed E-state index contributed by atoms with van der Waals surface area (Å²) in [6, 6.07) is 9.07. The molecule has 0 saturated heterocycles. The molecule has 3 rings (SSSR count). The Morgan fingerprint density at radius 3 is 2.03 bits per heavy atom. The zero-order valence-corrected chi connectivity index (χ0v) is 18.5. The molecule has 7 heteroatoms. The number of ether oxygens (including phenoxy) is 2. The number of phenolic OH excluding ortho intramolecular Hbond substituents is 1. The first-order valence-electron chi connectivity index (χ1n) is 10.4. The molecule has 3 aromatic rings. The molecule has 0 aliphatic rings. The van der Waals surface area contributed by atoms with Gasteiger partial charge in [0.05, 0.1) is 5.56 Å². The van der Waals surface area contributed by atoms with Crippen LogP contribution in [-0.2, 0) is 9.59 Å². The number of esters is 2. The third kappa shape index (κ3) is 5.55. The summed E-state index contributed by atoms with van der Waals surface area (Å²) in [4.78, 5) is 36.7. The van der Waals surface area contributed by atoms with Gasteiger partial charge in [-0.3, -0.25) is 14.4 Å². The van der Waals surface area contributed by atoms with Crippen molar-refractivity contribution in [2.24, 2.45) is 11.8 Å². The fourth-order valence-corrected chi connectivity index (χ4v) is 3.18. The standard InChI is InChI=1S/C25H26O7/c1-14(2)9-22(27)31-17-7-5-16(6-8-17)19-13-30-21-12-18(32-23(28)10-15(3)4)11-20(26)24(21)25(19)29/h5-8,11-15,26H,9-10H2,1-4H3. The lowest BCUT2D eigenvalue weighted by atomic mass is 10.0. The van der Waals surface area contributed by atoms with Crippen LogP contribution < -0.4 is 14.9 Å². The average Bonchev–Trinajstić information content (AvgIpc) is 2.67. The fraction of sp³-hybridized carbons (Fsp3) is 0.320. The minimum atomic E-state index is -0.438. The summed E-state index contributed by atoms with van der Waals surface area (Å²) in [5.74, 6) is -0.313. The van der Waals surface area contributed by atoms with E-state index in [1.54, 1.807) is 24.3 Å². The zero-order valence-electron chi connectivity index (χ0n) is 18.5. The first kappa shape index (κ1) is 23.1. The molecule has 0 amide bonds. The van der Waals surface area contributed by atoms with Crippen LogP contribution in [0.3, 0.4) is 0 Å². The molecular formula is C25H26O7. The Morgan fingerprint density at radius 1 is 0.906 bits per heavy atom. The minimum Gasteiger partial charge on any atom is -0.507 e. The molecule has 0 radical (unpaired) electrons. The predicted molar refractivity (Wildman–Crippen MR) is 120 cm³/mol. The largest absolute Gasteiger partial charge is 0.507 e. The lowest BCUT2D eigenvalue weighted by Gasteiger charge is -2.09. The lowest BCUT2D eigenvalue weighted by molar-refractivity contribution is -0.136. The Kier molecular flexibility index (Phi) is 6.98. The van der Waals surface area contributed by atoms with Gasteiger partial charge in [-0.1, -0.05) is 39.8 Å². The number of carbonyl (C=O) groups is 2. The molecule has 7 nitrogen and oxygen atoms in total. The summed E-state index contributed by atoms with van der Waals surface area (Å²) >= 11 is 0. The lowest BCUT2D eigenvalue weighted by Crippen LogP contribution is -2.11. The molecule has 1 N–H and O–H groups in total. The van der Waals surface area contributed by atoms with E-state index >= 15 is 0 Å². The fourth-order valence-electron chi connectivity index (χ4n) is 3.18. The highest BCUT2D eigenvalue weighted by Crippen LogP contribution is 2.31. The molecule has 0 bridgehead atoms. The summed E-state index contributed by atoms with van der Waals surface area (Å²) in [6.07, 6.45) is 1.82. The van der Waals surface area contributed by atoms with Crippen LogP contribution in [0.4, 0.5) is 0 Å². The third-order valence-corrected chi connectivity index (χ3v) is 4.61. The maximum atomic E-state index is 13.0. The second-order valence-electron chi connectivity index (χ2n) is 8.46. The van der Waals surface area contributed by atoms with Gasteiger partial charge in [0.15, 0.2) is 0 Å². The van der Waals surface area contributed by atoms with Crippen molar-refractivity contribution in [3.05, 3.63) is 52.9 Å². The second kappa shape index (κ2) is 9.68. The van der Waals surface area contributed by atoms with E-state index in [-0.39, 0.29) is 52.3 Å². The number of hydrogen-bond donors (Lipinski definition) is 1. The predicted octanol–water partition coefficient (Wildman–Crippen LogP) is 5.07. The van der Waals surface area contributed by atoms with Crippen molar-refractivity contribution in [1.82, 2.24) is 0 Å². The Bertz CT molecular complexity index is 1190. The Balaban J connectivity index is 1.87. The van der Waals surface area contributed by atoms with Crippen molar-refractivity contribution in [2.75, 3.05) is 0 Å². The first-order valence-corrected chi connectivity index (χ1v) is 10.4. The molecule has 2 aromatic carbocycles. The van der Waals surface area contributed by atoms with Gasteiger partial charge in [-0.2, -0.15) is 0 Å².